The molecule has 1 heterocycles. The minimum Gasteiger partial charge on any atom is -0.465 e. The van der Waals surface area contributed by atoms with E-state index in [1.165, 1.54) is 19.4 Å². The first kappa shape index (κ1) is 14.3. The molecule has 0 radical (unpaired) electrons. The molecule has 0 bridgehead atoms. The van der Waals surface area contributed by atoms with Crippen LogP contribution < -0.4 is 10.5 Å². The number of ether oxygens (including phenoxy) is 2. The van der Waals surface area contributed by atoms with Gasteiger partial charge in [0.25, 0.3) is 0 Å². The second-order valence-corrected chi connectivity index (χ2v) is 4.97. The van der Waals surface area contributed by atoms with Crippen molar-refractivity contribution in [3.63, 3.8) is 0 Å². The van der Waals surface area contributed by atoms with E-state index in [2.05, 4.69) is 25.7 Å². The van der Waals surface area contributed by atoms with Gasteiger partial charge in [0.1, 0.15) is 5.75 Å². The molecule has 2 N–H and O–H groups in total. The average Bonchev–Trinajstić information content (AvgIpc) is 2.44. The standard InChI is InChI=1S/C14H13BrN2O3/c1-8-5-9(3-4-11(8)15)20-13-6-10(14(18)19-2)12(16)7-17-13/h3-7H,16H2,1-2H3. The molecule has 104 valence electrons. The van der Waals surface area contributed by atoms with E-state index < -0.39 is 5.97 Å². The molecule has 0 aliphatic heterocycles. The Bertz CT molecular complexity index is 659. The molecule has 6 heteroatoms. The Balaban J connectivity index is 2.29. The Hall–Kier alpha value is -2.08. The Kier molecular flexibility index (Phi) is 4.24. The number of aryl methyl sites for hydroxylation is 1. The van der Waals surface area contributed by atoms with Crippen LogP contribution in [0.2, 0.25) is 0 Å². The fourth-order valence-electron chi connectivity index (χ4n) is 1.59. The number of hydrogen-bond donors (Lipinski definition) is 1. The predicted molar refractivity (Wildman–Crippen MR) is 78.9 cm³/mol. The van der Waals surface area contributed by atoms with Crippen molar-refractivity contribution in [2.75, 3.05) is 12.8 Å². The van der Waals surface area contributed by atoms with Gasteiger partial charge in [-0.1, -0.05) is 15.9 Å². The third-order valence-corrected chi connectivity index (χ3v) is 3.56. The van der Waals surface area contributed by atoms with Crippen molar-refractivity contribution >= 4 is 27.6 Å². The molecule has 0 amide bonds. The average molecular weight is 337 g/mol. The van der Waals surface area contributed by atoms with Crippen LogP contribution in [0.1, 0.15) is 15.9 Å². The number of halogens is 1. The maximum absolute atomic E-state index is 11.5. The zero-order valence-corrected chi connectivity index (χ0v) is 12.6. The first-order chi connectivity index (χ1) is 9.51. The summed E-state index contributed by atoms with van der Waals surface area (Å²) < 4.78 is 11.2. The largest absolute Gasteiger partial charge is 0.465 e. The molecule has 1 aromatic heterocycles. The van der Waals surface area contributed by atoms with Gasteiger partial charge in [0.2, 0.25) is 5.88 Å². The molecule has 0 saturated heterocycles. The molecule has 0 atom stereocenters. The Morgan fingerprint density at radius 1 is 1.35 bits per heavy atom. The number of anilines is 1. The van der Waals surface area contributed by atoms with Gasteiger partial charge in [-0.15, -0.1) is 0 Å². The van der Waals surface area contributed by atoms with Gasteiger partial charge < -0.3 is 15.2 Å². The molecule has 2 rings (SSSR count). The van der Waals surface area contributed by atoms with Crippen molar-refractivity contribution in [1.29, 1.82) is 0 Å². The van der Waals surface area contributed by atoms with E-state index in [4.69, 9.17) is 10.5 Å². The molecular weight excluding hydrogens is 324 g/mol. The van der Waals surface area contributed by atoms with Crippen LogP contribution in [0.4, 0.5) is 5.69 Å². The van der Waals surface area contributed by atoms with Crippen LogP contribution in [0, 0.1) is 6.92 Å². The zero-order valence-electron chi connectivity index (χ0n) is 11.0. The highest BCUT2D eigenvalue weighted by Crippen LogP contribution is 2.26. The van der Waals surface area contributed by atoms with Crippen LogP contribution in [0.3, 0.4) is 0 Å². The fraction of sp³-hybridized carbons (Fsp3) is 0.143. The topological polar surface area (TPSA) is 74.4 Å². The third-order valence-electron chi connectivity index (χ3n) is 2.67. The second kappa shape index (κ2) is 5.92. The maximum atomic E-state index is 11.5. The lowest BCUT2D eigenvalue weighted by Gasteiger charge is -2.09. The number of methoxy groups -OCH3 is 1. The first-order valence-electron chi connectivity index (χ1n) is 5.79. The third kappa shape index (κ3) is 3.08. The highest BCUT2D eigenvalue weighted by molar-refractivity contribution is 9.10. The van der Waals surface area contributed by atoms with E-state index >= 15 is 0 Å². The van der Waals surface area contributed by atoms with Crippen LogP contribution in [-0.2, 0) is 4.74 Å². The molecule has 1 aromatic carbocycles. The number of aromatic nitrogens is 1. The summed E-state index contributed by atoms with van der Waals surface area (Å²) in [5.41, 5.74) is 7.19. The highest BCUT2D eigenvalue weighted by atomic mass is 79.9. The molecule has 20 heavy (non-hydrogen) atoms. The predicted octanol–water partition coefficient (Wildman–Crippen LogP) is 3.31. The Labute approximate surface area is 124 Å². The molecule has 0 spiro atoms. The van der Waals surface area contributed by atoms with Gasteiger partial charge in [-0.3, -0.25) is 0 Å². The monoisotopic (exact) mass is 336 g/mol. The normalized spacial score (nSPS) is 10.2. The van der Waals surface area contributed by atoms with Crippen molar-refractivity contribution < 1.29 is 14.3 Å². The summed E-state index contributed by atoms with van der Waals surface area (Å²) in [6.07, 6.45) is 1.37. The van der Waals surface area contributed by atoms with Gasteiger partial charge in [0, 0.05) is 10.5 Å². The van der Waals surface area contributed by atoms with Crippen LogP contribution >= 0.6 is 15.9 Å². The number of nitrogens with two attached hydrogens (primary N) is 1. The Morgan fingerprint density at radius 3 is 2.75 bits per heavy atom. The van der Waals surface area contributed by atoms with Gasteiger partial charge in [-0.05, 0) is 30.7 Å². The molecule has 0 saturated carbocycles. The van der Waals surface area contributed by atoms with Gasteiger partial charge in [0.05, 0.1) is 24.6 Å². The summed E-state index contributed by atoms with van der Waals surface area (Å²) in [5.74, 6) is 0.377. The molecule has 0 unspecified atom stereocenters. The zero-order chi connectivity index (χ0) is 14.7. The molecular formula is C14H13BrN2O3. The fourth-order valence-corrected chi connectivity index (χ4v) is 1.84. The highest BCUT2D eigenvalue weighted by Gasteiger charge is 2.12. The quantitative estimate of drug-likeness (QED) is 0.870. The number of pyridine rings is 1. The number of nitrogen functional groups attached to an aromatic ring is 1. The van der Waals surface area contributed by atoms with E-state index in [0.29, 0.717) is 5.75 Å². The molecule has 0 fully saturated rings. The van der Waals surface area contributed by atoms with Gasteiger partial charge in [0.15, 0.2) is 0 Å². The van der Waals surface area contributed by atoms with Crippen LogP contribution in [-0.4, -0.2) is 18.1 Å². The number of nitrogens with zero attached hydrogens (tertiary/aromatic N) is 1. The number of carbonyl (C=O) groups excluding carboxylic acids is 1. The van der Waals surface area contributed by atoms with Crippen molar-refractivity contribution in [1.82, 2.24) is 4.98 Å². The maximum Gasteiger partial charge on any atom is 0.340 e. The van der Waals surface area contributed by atoms with Gasteiger partial charge >= 0.3 is 5.97 Å². The van der Waals surface area contributed by atoms with Crippen LogP contribution in [0.5, 0.6) is 11.6 Å². The lowest BCUT2D eigenvalue weighted by Crippen LogP contribution is -2.06. The summed E-state index contributed by atoms with van der Waals surface area (Å²) in [6.45, 7) is 1.95. The van der Waals surface area contributed by atoms with Gasteiger partial charge in [-0.25, -0.2) is 9.78 Å². The number of carbonyl (C=O) groups is 1. The summed E-state index contributed by atoms with van der Waals surface area (Å²) in [7, 11) is 1.29. The smallest absolute Gasteiger partial charge is 0.340 e. The Morgan fingerprint density at radius 2 is 2.10 bits per heavy atom. The summed E-state index contributed by atoms with van der Waals surface area (Å²) in [6, 6.07) is 6.99. The summed E-state index contributed by atoms with van der Waals surface area (Å²) >= 11 is 3.42. The van der Waals surface area contributed by atoms with Crippen molar-refractivity contribution in [3.8, 4) is 11.6 Å². The second-order valence-electron chi connectivity index (χ2n) is 4.11. The minimum absolute atomic E-state index is 0.228. The number of hydrogen-bond acceptors (Lipinski definition) is 5. The molecule has 5 nitrogen and oxygen atoms in total. The van der Waals surface area contributed by atoms with Crippen molar-refractivity contribution in [2.45, 2.75) is 6.92 Å². The van der Waals surface area contributed by atoms with Crippen LogP contribution in [0.25, 0.3) is 0 Å². The summed E-state index contributed by atoms with van der Waals surface area (Å²) in [4.78, 5) is 15.6. The number of esters is 1. The van der Waals surface area contributed by atoms with E-state index in [1.54, 1.807) is 6.07 Å². The van der Waals surface area contributed by atoms with Crippen molar-refractivity contribution in [2.24, 2.45) is 0 Å². The first-order valence-corrected chi connectivity index (χ1v) is 6.58. The van der Waals surface area contributed by atoms with E-state index in [9.17, 15) is 4.79 Å². The number of rotatable bonds is 3. The SMILES string of the molecule is COC(=O)c1cc(Oc2ccc(Br)c(C)c2)ncc1N. The van der Waals surface area contributed by atoms with E-state index in [0.717, 1.165) is 10.0 Å². The minimum atomic E-state index is -0.526. The van der Waals surface area contributed by atoms with E-state index in [-0.39, 0.29) is 17.1 Å². The molecule has 0 aliphatic rings. The molecule has 2 aromatic rings. The van der Waals surface area contributed by atoms with Crippen LogP contribution in [0.15, 0.2) is 34.9 Å². The lowest BCUT2D eigenvalue weighted by atomic mass is 10.2. The molecule has 0 aliphatic carbocycles. The van der Waals surface area contributed by atoms with Gasteiger partial charge in [-0.2, -0.15) is 0 Å². The lowest BCUT2D eigenvalue weighted by molar-refractivity contribution is 0.0601. The van der Waals surface area contributed by atoms with Crippen molar-refractivity contribution in [3.05, 3.63) is 46.1 Å². The van der Waals surface area contributed by atoms with E-state index in [1.807, 2.05) is 19.1 Å². The summed E-state index contributed by atoms with van der Waals surface area (Å²) in [5, 5.41) is 0. The number of benzene rings is 1.